The fourth-order valence-electron chi connectivity index (χ4n) is 1.04. The largest absolute Gasteiger partial charge is 0.497 e. The van der Waals surface area contributed by atoms with Gasteiger partial charge in [0.1, 0.15) is 5.75 Å². The first-order valence-electron chi connectivity index (χ1n) is 3.76. The van der Waals surface area contributed by atoms with Crippen LogP contribution in [0, 0.1) is 0 Å². The van der Waals surface area contributed by atoms with E-state index in [1.165, 1.54) is 5.30 Å². The zero-order valence-electron chi connectivity index (χ0n) is 7.66. The quantitative estimate of drug-likeness (QED) is 0.558. The van der Waals surface area contributed by atoms with Gasteiger partial charge < -0.3 is 10.5 Å². The number of nitrogens with two attached hydrogens (primary N) is 1. The summed E-state index contributed by atoms with van der Waals surface area (Å²) in [5, 5.41) is 1.21. The van der Waals surface area contributed by atoms with Gasteiger partial charge in [-0.25, -0.2) is 0 Å². The number of rotatable bonds is 2. The van der Waals surface area contributed by atoms with Crippen LogP contribution in [0.25, 0.3) is 0 Å². The minimum Gasteiger partial charge on any atom is -0.497 e. The van der Waals surface area contributed by atoms with Crippen LogP contribution >= 0.6 is 7.92 Å². The van der Waals surface area contributed by atoms with Gasteiger partial charge in [-0.1, -0.05) is 7.92 Å². The maximum atomic E-state index is 5.81. The summed E-state index contributed by atoms with van der Waals surface area (Å²) in [4.78, 5) is 0. The van der Waals surface area contributed by atoms with Crippen LogP contribution in [0.5, 0.6) is 5.75 Å². The highest BCUT2D eigenvalue weighted by atomic mass is 31.1. The molecule has 1 aromatic carbocycles. The molecule has 0 saturated carbocycles. The van der Waals surface area contributed by atoms with Crippen molar-refractivity contribution in [1.82, 2.24) is 0 Å². The molecule has 3 heteroatoms. The minimum atomic E-state index is -0.143. The average molecular weight is 183 g/mol. The van der Waals surface area contributed by atoms with Crippen molar-refractivity contribution in [1.29, 1.82) is 0 Å². The molecule has 0 aromatic heterocycles. The molecule has 2 N–H and O–H groups in total. The van der Waals surface area contributed by atoms with Crippen molar-refractivity contribution >= 4 is 18.9 Å². The van der Waals surface area contributed by atoms with Gasteiger partial charge in [-0.05, 0) is 31.5 Å². The van der Waals surface area contributed by atoms with E-state index in [0.29, 0.717) is 0 Å². The normalized spacial score (nSPS) is 10.3. The molecule has 0 aliphatic carbocycles. The molecule has 0 atom stereocenters. The molecule has 1 rings (SSSR count). The van der Waals surface area contributed by atoms with E-state index in [-0.39, 0.29) is 7.92 Å². The summed E-state index contributed by atoms with van der Waals surface area (Å²) < 4.78 is 5.11. The summed E-state index contributed by atoms with van der Waals surface area (Å²) in [6.07, 6.45) is 0. The van der Waals surface area contributed by atoms with Crippen molar-refractivity contribution in [2.24, 2.45) is 0 Å². The smallest absolute Gasteiger partial charge is 0.119 e. The third-order valence-corrected chi connectivity index (χ3v) is 3.07. The van der Waals surface area contributed by atoms with Crippen LogP contribution in [-0.2, 0) is 0 Å². The lowest BCUT2D eigenvalue weighted by Crippen LogP contribution is -2.07. The number of methoxy groups -OCH3 is 1. The van der Waals surface area contributed by atoms with Crippen molar-refractivity contribution < 1.29 is 4.74 Å². The van der Waals surface area contributed by atoms with Crippen molar-refractivity contribution in [2.45, 2.75) is 0 Å². The molecule has 66 valence electrons. The van der Waals surface area contributed by atoms with Crippen LogP contribution in [0.1, 0.15) is 0 Å². The predicted octanol–water partition coefficient (Wildman–Crippen LogP) is 1.64. The van der Waals surface area contributed by atoms with E-state index < -0.39 is 0 Å². The van der Waals surface area contributed by atoms with Gasteiger partial charge in [-0.15, -0.1) is 0 Å². The second-order valence-corrected chi connectivity index (χ2v) is 5.09. The Labute approximate surface area is 74.5 Å². The maximum Gasteiger partial charge on any atom is 0.119 e. The SMILES string of the molecule is COc1ccc(N)c(P(C)C)c1. The predicted molar refractivity (Wildman–Crippen MR) is 55.8 cm³/mol. The Morgan fingerprint density at radius 2 is 2.00 bits per heavy atom. The van der Waals surface area contributed by atoms with Crippen molar-refractivity contribution in [3.63, 3.8) is 0 Å². The van der Waals surface area contributed by atoms with Crippen LogP contribution in [0.2, 0.25) is 0 Å². The molecule has 2 nitrogen and oxygen atoms in total. The first-order valence-corrected chi connectivity index (χ1v) is 5.99. The second kappa shape index (κ2) is 3.77. The van der Waals surface area contributed by atoms with E-state index >= 15 is 0 Å². The second-order valence-electron chi connectivity index (χ2n) is 2.82. The monoisotopic (exact) mass is 183 g/mol. The molecule has 0 fully saturated rings. The molecule has 1 aromatic rings. The first kappa shape index (κ1) is 9.34. The Morgan fingerprint density at radius 3 is 2.50 bits per heavy atom. The molecule has 0 saturated heterocycles. The van der Waals surface area contributed by atoms with Gasteiger partial charge in [0, 0.05) is 11.0 Å². The fraction of sp³-hybridized carbons (Fsp3) is 0.333. The van der Waals surface area contributed by atoms with Crippen molar-refractivity contribution in [2.75, 3.05) is 26.2 Å². The molecule has 0 aliphatic rings. The van der Waals surface area contributed by atoms with E-state index in [1.807, 2.05) is 18.2 Å². The summed E-state index contributed by atoms with van der Waals surface area (Å²) in [6.45, 7) is 4.36. The number of anilines is 1. The standard InChI is InChI=1S/C9H14NOP/c1-11-7-4-5-8(10)9(6-7)12(2)3/h4-6H,10H2,1-3H3. The Kier molecular flexibility index (Phi) is 2.93. The fourth-order valence-corrected chi connectivity index (χ4v) is 2.01. The lowest BCUT2D eigenvalue weighted by atomic mass is 10.3. The highest BCUT2D eigenvalue weighted by Crippen LogP contribution is 2.28. The third-order valence-electron chi connectivity index (χ3n) is 1.72. The van der Waals surface area contributed by atoms with Gasteiger partial charge in [0.2, 0.25) is 0 Å². The Hall–Kier alpha value is -0.750. The summed E-state index contributed by atoms with van der Waals surface area (Å²) in [6, 6.07) is 5.80. The van der Waals surface area contributed by atoms with Crippen molar-refractivity contribution in [3.05, 3.63) is 18.2 Å². The summed E-state index contributed by atoms with van der Waals surface area (Å²) in [5.41, 5.74) is 6.67. The third kappa shape index (κ3) is 1.89. The Morgan fingerprint density at radius 1 is 1.33 bits per heavy atom. The Bertz CT molecular complexity index is 273. The van der Waals surface area contributed by atoms with Gasteiger partial charge >= 0.3 is 0 Å². The number of benzene rings is 1. The number of hydrogen-bond donors (Lipinski definition) is 1. The van der Waals surface area contributed by atoms with Gasteiger partial charge in [-0.2, -0.15) is 0 Å². The average Bonchev–Trinajstić information content (AvgIpc) is 2.05. The maximum absolute atomic E-state index is 5.81. The zero-order chi connectivity index (χ0) is 9.14. The molecule has 0 unspecified atom stereocenters. The molecule has 0 bridgehead atoms. The molecule has 0 amide bonds. The van der Waals surface area contributed by atoms with E-state index in [2.05, 4.69) is 13.3 Å². The zero-order valence-corrected chi connectivity index (χ0v) is 8.56. The van der Waals surface area contributed by atoms with Crippen LogP contribution < -0.4 is 15.8 Å². The van der Waals surface area contributed by atoms with Crippen LogP contribution in [0.4, 0.5) is 5.69 Å². The summed E-state index contributed by atoms with van der Waals surface area (Å²) >= 11 is 0. The molecule has 0 heterocycles. The van der Waals surface area contributed by atoms with Crippen LogP contribution in [0.15, 0.2) is 18.2 Å². The van der Waals surface area contributed by atoms with Gasteiger partial charge in [0.15, 0.2) is 0 Å². The van der Waals surface area contributed by atoms with E-state index in [0.717, 1.165) is 11.4 Å². The van der Waals surface area contributed by atoms with Gasteiger partial charge in [-0.3, -0.25) is 0 Å². The number of ether oxygens (including phenoxy) is 1. The topological polar surface area (TPSA) is 35.2 Å². The van der Waals surface area contributed by atoms with Gasteiger partial charge in [0.25, 0.3) is 0 Å². The molecular formula is C9H14NOP. The van der Waals surface area contributed by atoms with Crippen LogP contribution in [0.3, 0.4) is 0 Å². The van der Waals surface area contributed by atoms with Gasteiger partial charge in [0.05, 0.1) is 7.11 Å². The number of nitrogen functional groups attached to an aromatic ring is 1. The van der Waals surface area contributed by atoms with E-state index in [1.54, 1.807) is 7.11 Å². The molecule has 12 heavy (non-hydrogen) atoms. The first-order chi connectivity index (χ1) is 5.65. The minimum absolute atomic E-state index is 0.143. The van der Waals surface area contributed by atoms with E-state index in [4.69, 9.17) is 10.5 Å². The lowest BCUT2D eigenvalue weighted by molar-refractivity contribution is 0.415. The highest BCUT2D eigenvalue weighted by Gasteiger charge is 2.04. The molecule has 0 spiro atoms. The Balaban J connectivity index is 3.08. The summed E-state index contributed by atoms with van der Waals surface area (Å²) in [5.74, 6) is 0.885. The van der Waals surface area contributed by atoms with Crippen LogP contribution in [-0.4, -0.2) is 20.4 Å². The summed E-state index contributed by atoms with van der Waals surface area (Å²) in [7, 11) is 1.53. The number of hydrogen-bond acceptors (Lipinski definition) is 2. The highest BCUT2D eigenvalue weighted by molar-refractivity contribution is 7.64. The molecular weight excluding hydrogens is 169 g/mol. The molecule has 0 radical (unpaired) electrons. The van der Waals surface area contributed by atoms with E-state index in [9.17, 15) is 0 Å². The lowest BCUT2D eigenvalue weighted by Gasteiger charge is -2.10. The molecule has 0 aliphatic heterocycles. The van der Waals surface area contributed by atoms with Crippen molar-refractivity contribution in [3.8, 4) is 5.75 Å².